The maximum Gasteiger partial charge on any atom is 0.210 e. The van der Waals surface area contributed by atoms with Crippen LogP contribution in [0.15, 0.2) is 17.1 Å². The number of hydrogen-bond donors (Lipinski definition) is 3. The molecule has 0 saturated heterocycles. The monoisotopic (exact) mass is 280 g/mol. The fourth-order valence-electron chi connectivity index (χ4n) is 1.78. The zero-order valence-electron chi connectivity index (χ0n) is 11.9. The molecule has 7 nitrogen and oxygen atoms in total. The highest BCUT2D eigenvalue weighted by atomic mass is 16.5. The second kappa shape index (κ2) is 6.33. The summed E-state index contributed by atoms with van der Waals surface area (Å²) in [6.07, 6.45) is 2.20. The number of aliphatic imine (C=N–C) groups is 1. The van der Waals surface area contributed by atoms with Gasteiger partial charge in [-0.1, -0.05) is 0 Å². The van der Waals surface area contributed by atoms with Crippen molar-refractivity contribution < 1.29 is 14.2 Å². The lowest BCUT2D eigenvalue weighted by molar-refractivity contribution is 0.324. The van der Waals surface area contributed by atoms with E-state index in [0.29, 0.717) is 29.2 Å². The zero-order valence-corrected chi connectivity index (χ0v) is 11.9. The molecule has 0 aliphatic heterocycles. The van der Waals surface area contributed by atoms with Gasteiger partial charge in [0.25, 0.3) is 0 Å². The number of benzene rings is 1. The fraction of sp³-hybridized carbons (Fsp3) is 0.462. The second-order valence-electron chi connectivity index (χ2n) is 4.39. The van der Waals surface area contributed by atoms with Crippen LogP contribution in [0.3, 0.4) is 0 Å². The minimum Gasteiger partial charge on any atom is -0.493 e. The first-order valence-electron chi connectivity index (χ1n) is 6.33. The van der Waals surface area contributed by atoms with E-state index in [1.165, 1.54) is 0 Å². The number of rotatable bonds is 5. The fourth-order valence-corrected chi connectivity index (χ4v) is 1.78. The molecule has 2 rings (SSSR count). The van der Waals surface area contributed by atoms with Gasteiger partial charge >= 0.3 is 0 Å². The molecule has 0 spiro atoms. The molecule has 20 heavy (non-hydrogen) atoms. The molecule has 7 heteroatoms. The molecule has 1 aliphatic rings. The number of hydrazine groups is 1. The van der Waals surface area contributed by atoms with Crippen LogP contribution in [-0.4, -0.2) is 33.3 Å². The molecule has 0 heterocycles. The molecule has 1 aromatic rings. The molecule has 110 valence electrons. The van der Waals surface area contributed by atoms with E-state index >= 15 is 0 Å². The summed E-state index contributed by atoms with van der Waals surface area (Å²) in [5.74, 6) is 7.66. The second-order valence-corrected chi connectivity index (χ2v) is 4.39. The average Bonchev–Trinajstić information content (AvgIpc) is 3.29. The molecule has 1 saturated carbocycles. The normalized spacial score (nSPS) is 14.7. The van der Waals surface area contributed by atoms with Gasteiger partial charge in [-0.2, -0.15) is 0 Å². The van der Waals surface area contributed by atoms with Gasteiger partial charge in [0, 0.05) is 17.8 Å². The summed E-state index contributed by atoms with van der Waals surface area (Å²) < 4.78 is 15.9. The third kappa shape index (κ3) is 3.24. The van der Waals surface area contributed by atoms with Gasteiger partial charge in [0.1, 0.15) is 0 Å². The third-order valence-electron chi connectivity index (χ3n) is 2.92. The Morgan fingerprint density at radius 2 is 1.75 bits per heavy atom. The number of anilines is 1. The predicted molar refractivity (Wildman–Crippen MR) is 77.5 cm³/mol. The van der Waals surface area contributed by atoms with Gasteiger partial charge in [0.2, 0.25) is 11.7 Å². The predicted octanol–water partition coefficient (Wildman–Crippen LogP) is 1.11. The molecule has 0 bridgehead atoms. The van der Waals surface area contributed by atoms with Crippen molar-refractivity contribution in [1.82, 2.24) is 5.43 Å². The SMILES string of the molecule is COc1cc(NC(=NC2CC2)NN)cc(OC)c1OC. The molecule has 0 unspecified atom stereocenters. The van der Waals surface area contributed by atoms with Crippen LogP contribution < -0.4 is 30.8 Å². The van der Waals surface area contributed by atoms with Crippen molar-refractivity contribution in [3.05, 3.63) is 12.1 Å². The number of methoxy groups -OCH3 is 3. The topological polar surface area (TPSA) is 90.1 Å². The summed E-state index contributed by atoms with van der Waals surface area (Å²) >= 11 is 0. The van der Waals surface area contributed by atoms with E-state index in [0.717, 1.165) is 18.5 Å². The molecule has 0 aromatic heterocycles. The molecule has 0 atom stereocenters. The first-order chi connectivity index (χ1) is 9.71. The maximum absolute atomic E-state index is 5.46. The molecular weight excluding hydrogens is 260 g/mol. The van der Waals surface area contributed by atoms with Crippen molar-refractivity contribution in [2.45, 2.75) is 18.9 Å². The van der Waals surface area contributed by atoms with Crippen molar-refractivity contribution >= 4 is 11.6 Å². The van der Waals surface area contributed by atoms with Crippen LogP contribution in [0.1, 0.15) is 12.8 Å². The molecule has 0 radical (unpaired) electrons. The van der Waals surface area contributed by atoms with Gasteiger partial charge in [-0.25, -0.2) is 10.8 Å². The van der Waals surface area contributed by atoms with Gasteiger partial charge in [0.05, 0.1) is 27.4 Å². The van der Waals surface area contributed by atoms with E-state index in [2.05, 4.69) is 15.7 Å². The molecule has 4 N–H and O–H groups in total. The largest absolute Gasteiger partial charge is 0.493 e. The zero-order chi connectivity index (χ0) is 14.5. The Morgan fingerprint density at radius 3 is 2.15 bits per heavy atom. The lowest BCUT2D eigenvalue weighted by Crippen LogP contribution is -2.36. The van der Waals surface area contributed by atoms with E-state index in [-0.39, 0.29) is 0 Å². The number of hydrogen-bond acceptors (Lipinski definition) is 5. The van der Waals surface area contributed by atoms with Crippen molar-refractivity contribution in [3.8, 4) is 17.2 Å². The van der Waals surface area contributed by atoms with Gasteiger partial charge in [0.15, 0.2) is 11.5 Å². The molecule has 1 aliphatic carbocycles. The van der Waals surface area contributed by atoms with Gasteiger partial charge in [-0.15, -0.1) is 0 Å². The summed E-state index contributed by atoms with van der Waals surface area (Å²) in [6, 6.07) is 3.94. The summed E-state index contributed by atoms with van der Waals surface area (Å²) in [5, 5.41) is 3.10. The van der Waals surface area contributed by atoms with Gasteiger partial charge < -0.3 is 19.5 Å². The Labute approximate surface area is 118 Å². The van der Waals surface area contributed by atoms with Crippen LogP contribution in [0.4, 0.5) is 5.69 Å². The summed E-state index contributed by atoms with van der Waals surface area (Å²) in [4.78, 5) is 4.41. The molecular formula is C13H20N4O3. The Hall–Kier alpha value is -2.15. The van der Waals surface area contributed by atoms with Crippen LogP contribution in [0.5, 0.6) is 17.2 Å². The molecule has 0 amide bonds. The van der Waals surface area contributed by atoms with Crippen LogP contribution >= 0.6 is 0 Å². The van der Waals surface area contributed by atoms with Crippen molar-refractivity contribution in [2.24, 2.45) is 10.8 Å². The number of nitrogens with zero attached hydrogens (tertiary/aromatic N) is 1. The standard InChI is InChI=1S/C13H20N4O3/c1-18-10-6-9(7-11(19-2)12(10)20-3)16-13(17-14)15-8-4-5-8/h6-8H,4-5,14H2,1-3H3,(H2,15,16,17). The third-order valence-corrected chi connectivity index (χ3v) is 2.92. The van der Waals surface area contributed by atoms with E-state index in [4.69, 9.17) is 20.1 Å². The summed E-state index contributed by atoms with van der Waals surface area (Å²) in [5.41, 5.74) is 3.30. The minimum atomic E-state index is 0.357. The number of nitrogens with two attached hydrogens (primary N) is 1. The highest BCUT2D eigenvalue weighted by Gasteiger charge is 2.21. The lowest BCUT2D eigenvalue weighted by atomic mass is 10.2. The Balaban J connectivity index is 2.26. The van der Waals surface area contributed by atoms with E-state index in [1.54, 1.807) is 33.5 Å². The maximum atomic E-state index is 5.46. The van der Waals surface area contributed by atoms with Crippen molar-refractivity contribution in [3.63, 3.8) is 0 Å². The lowest BCUT2D eigenvalue weighted by Gasteiger charge is -2.15. The van der Waals surface area contributed by atoms with Gasteiger partial charge in [-0.05, 0) is 12.8 Å². The quantitative estimate of drug-likeness (QED) is 0.324. The Morgan fingerprint density at radius 1 is 1.15 bits per heavy atom. The van der Waals surface area contributed by atoms with Crippen molar-refractivity contribution in [2.75, 3.05) is 26.6 Å². The summed E-state index contributed by atoms with van der Waals surface area (Å²) in [6.45, 7) is 0. The van der Waals surface area contributed by atoms with E-state index in [9.17, 15) is 0 Å². The number of ether oxygens (including phenoxy) is 3. The highest BCUT2D eigenvalue weighted by Crippen LogP contribution is 2.39. The average molecular weight is 280 g/mol. The summed E-state index contributed by atoms with van der Waals surface area (Å²) in [7, 11) is 4.71. The minimum absolute atomic E-state index is 0.357. The molecule has 1 fully saturated rings. The Bertz CT molecular complexity index is 475. The first kappa shape index (κ1) is 14.3. The first-order valence-corrected chi connectivity index (χ1v) is 6.33. The number of nitrogens with one attached hydrogen (secondary N) is 2. The van der Waals surface area contributed by atoms with Crippen LogP contribution in [0, 0.1) is 0 Å². The van der Waals surface area contributed by atoms with Crippen LogP contribution in [0.2, 0.25) is 0 Å². The molecule has 1 aromatic carbocycles. The smallest absolute Gasteiger partial charge is 0.210 e. The van der Waals surface area contributed by atoms with E-state index in [1.807, 2.05) is 0 Å². The van der Waals surface area contributed by atoms with E-state index < -0.39 is 0 Å². The highest BCUT2D eigenvalue weighted by molar-refractivity contribution is 5.94. The van der Waals surface area contributed by atoms with Crippen LogP contribution in [0.25, 0.3) is 0 Å². The Kier molecular flexibility index (Phi) is 4.52. The van der Waals surface area contributed by atoms with Crippen LogP contribution in [-0.2, 0) is 0 Å². The number of guanidine groups is 1. The van der Waals surface area contributed by atoms with Crippen molar-refractivity contribution in [1.29, 1.82) is 0 Å². The van der Waals surface area contributed by atoms with Gasteiger partial charge in [-0.3, -0.25) is 5.43 Å².